The van der Waals surface area contributed by atoms with Crippen molar-refractivity contribution in [3.63, 3.8) is 0 Å². The molecule has 0 bridgehead atoms. The average Bonchev–Trinajstić information content (AvgIpc) is 2.38. The fourth-order valence-corrected chi connectivity index (χ4v) is 3.76. The molecule has 0 saturated heterocycles. The van der Waals surface area contributed by atoms with Crippen molar-refractivity contribution in [3.8, 4) is 0 Å². The van der Waals surface area contributed by atoms with E-state index in [2.05, 4.69) is 0 Å². The quantitative estimate of drug-likeness (QED) is 0.621. The third kappa shape index (κ3) is 2.64. The van der Waals surface area contributed by atoms with E-state index in [-0.39, 0.29) is 28.0 Å². The third-order valence-corrected chi connectivity index (χ3v) is 4.81. The average molecular weight is 267 g/mol. The first-order valence-electron chi connectivity index (χ1n) is 5.75. The lowest BCUT2D eigenvalue weighted by Gasteiger charge is -2.19. The van der Waals surface area contributed by atoms with Gasteiger partial charge >= 0.3 is 0 Å². The molecule has 1 saturated carbocycles. The lowest BCUT2D eigenvalue weighted by atomic mass is 9.99. The van der Waals surface area contributed by atoms with Gasteiger partial charge in [0.05, 0.1) is 15.7 Å². The second-order valence-electron chi connectivity index (χ2n) is 4.28. The summed E-state index contributed by atoms with van der Waals surface area (Å²) in [5.74, 6) is 0.0955. The van der Waals surface area contributed by atoms with Crippen LogP contribution in [0.3, 0.4) is 0 Å². The van der Waals surface area contributed by atoms with E-state index in [0.29, 0.717) is 12.8 Å². The van der Waals surface area contributed by atoms with Crippen molar-refractivity contribution < 1.29 is 13.9 Å². The van der Waals surface area contributed by atoms with E-state index in [1.165, 1.54) is 12.1 Å². The molecule has 0 radical (unpaired) electrons. The van der Waals surface area contributed by atoms with Gasteiger partial charge in [0, 0.05) is 24.2 Å². The van der Waals surface area contributed by atoms with E-state index < -0.39 is 15.7 Å². The van der Waals surface area contributed by atoms with Gasteiger partial charge < -0.3 is 0 Å². The smallest absolute Gasteiger partial charge is 0.285 e. The number of nitro groups is 1. The van der Waals surface area contributed by atoms with E-state index >= 15 is 0 Å². The molecule has 1 aromatic rings. The Kier molecular flexibility index (Phi) is 3.86. The maximum Gasteiger partial charge on any atom is 0.285 e. The summed E-state index contributed by atoms with van der Waals surface area (Å²) in [6, 6.07) is 6.03. The van der Waals surface area contributed by atoms with Crippen molar-refractivity contribution in [2.75, 3.05) is 0 Å². The minimum atomic E-state index is -1.49. The number of carbonyl (C=O) groups excluding carboxylic acids is 1. The van der Waals surface area contributed by atoms with E-state index in [4.69, 9.17) is 0 Å². The summed E-state index contributed by atoms with van der Waals surface area (Å²) in [6.07, 6.45) is 2.20. The highest BCUT2D eigenvalue weighted by Crippen LogP contribution is 2.29. The van der Waals surface area contributed by atoms with Crippen LogP contribution in [0.5, 0.6) is 0 Å². The number of hydrogen-bond acceptors (Lipinski definition) is 4. The fraction of sp³-hybridized carbons (Fsp3) is 0.417. The van der Waals surface area contributed by atoms with Gasteiger partial charge in [0.15, 0.2) is 0 Å². The summed E-state index contributed by atoms with van der Waals surface area (Å²) in [5, 5.41) is 10.6. The minimum absolute atomic E-state index is 0.0955. The Morgan fingerprint density at radius 2 is 2.06 bits per heavy atom. The SMILES string of the molecule is O=C1CCCC(S(=O)c2ccccc2[N+](=O)[O-])C1. The Balaban J connectivity index is 2.28. The summed E-state index contributed by atoms with van der Waals surface area (Å²) in [5.41, 5.74) is -0.131. The highest BCUT2D eigenvalue weighted by Gasteiger charge is 2.29. The molecule has 2 atom stereocenters. The monoisotopic (exact) mass is 267 g/mol. The number of Topliss-reactive ketones (excluding diaryl/α,β-unsaturated/α-hetero) is 1. The molecule has 0 aliphatic heterocycles. The summed E-state index contributed by atoms with van der Waals surface area (Å²) in [4.78, 5) is 21.9. The van der Waals surface area contributed by atoms with Gasteiger partial charge in [-0.3, -0.25) is 19.1 Å². The molecule has 0 spiro atoms. The lowest BCUT2D eigenvalue weighted by molar-refractivity contribution is -0.387. The van der Waals surface area contributed by atoms with Crippen molar-refractivity contribution in [2.24, 2.45) is 0 Å². The van der Waals surface area contributed by atoms with Crippen molar-refractivity contribution >= 4 is 22.3 Å². The number of rotatable bonds is 3. The molecule has 0 amide bonds. The van der Waals surface area contributed by atoms with Gasteiger partial charge in [-0.15, -0.1) is 0 Å². The molecule has 0 heterocycles. The number of nitrogens with zero attached hydrogens (tertiary/aromatic N) is 1. The van der Waals surface area contributed by atoms with Crippen LogP contribution in [0.4, 0.5) is 5.69 Å². The summed E-state index contributed by atoms with van der Waals surface area (Å²) >= 11 is 0. The molecule has 5 nitrogen and oxygen atoms in total. The highest BCUT2D eigenvalue weighted by molar-refractivity contribution is 7.85. The Hall–Kier alpha value is -1.56. The normalized spacial score (nSPS) is 21.6. The Morgan fingerprint density at radius 1 is 1.33 bits per heavy atom. The van der Waals surface area contributed by atoms with Crippen LogP contribution in [-0.2, 0) is 15.6 Å². The van der Waals surface area contributed by atoms with Crippen molar-refractivity contribution in [2.45, 2.75) is 35.8 Å². The maximum absolute atomic E-state index is 12.3. The van der Waals surface area contributed by atoms with Crippen LogP contribution in [-0.4, -0.2) is 20.2 Å². The topological polar surface area (TPSA) is 77.3 Å². The maximum atomic E-state index is 12.3. The van der Waals surface area contributed by atoms with Gasteiger partial charge in [-0.2, -0.15) is 0 Å². The van der Waals surface area contributed by atoms with E-state index in [1.54, 1.807) is 12.1 Å². The second kappa shape index (κ2) is 5.39. The predicted octanol–water partition coefficient (Wildman–Crippen LogP) is 2.21. The number of nitro benzene ring substituents is 1. The molecule has 1 fully saturated rings. The summed E-state index contributed by atoms with van der Waals surface area (Å²) in [6.45, 7) is 0. The molecular formula is C12H13NO4S. The van der Waals surface area contributed by atoms with Crippen LogP contribution in [0.25, 0.3) is 0 Å². The first-order chi connectivity index (χ1) is 8.59. The molecule has 6 heteroatoms. The van der Waals surface area contributed by atoms with Crippen LogP contribution < -0.4 is 0 Å². The minimum Gasteiger partial charge on any atom is -0.300 e. The molecule has 2 rings (SSSR count). The second-order valence-corrected chi connectivity index (χ2v) is 5.98. The Labute approximate surface area is 107 Å². The lowest BCUT2D eigenvalue weighted by Crippen LogP contribution is -2.24. The van der Waals surface area contributed by atoms with Gasteiger partial charge in [0.1, 0.15) is 10.7 Å². The zero-order valence-electron chi connectivity index (χ0n) is 9.70. The molecule has 1 aliphatic carbocycles. The zero-order valence-corrected chi connectivity index (χ0v) is 10.5. The number of benzene rings is 1. The van der Waals surface area contributed by atoms with Crippen LogP contribution in [0.1, 0.15) is 25.7 Å². The van der Waals surface area contributed by atoms with Gasteiger partial charge in [0.2, 0.25) is 0 Å². The van der Waals surface area contributed by atoms with E-state index in [9.17, 15) is 19.1 Å². The number of ketones is 1. The zero-order chi connectivity index (χ0) is 13.1. The van der Waals surface area contributed by atoms with Crippen LogP contribution >= 0.6 is 0 Å². The van der Waals surface area contributed by atoms with Crippen molar-refractivity contribution in [1.29, 1.82) is 0 Å². The number of hydrogen-bond donors (Lipinski definition) is 0. The van der Waals surface area contributed by atoms with Crippen LogP contribution in [0, 0.1) is 10.1 Å². The largest absolute Gasteiger partial charge is 0.300 e. The molecule has 1 aliphatic rings. The molecular weight excluding hydrogens is 254 g/mol. The molecule has 0 N–H and O–H groups in total. The molecule has 96 valence electrons. The highest BCUT2D eigenvalue weighted by atomic mass is 32.2. The van der Waals surface area contributed by atoms with Crippen LogP contribution in [0.15, 0.2) is 29.2 Å². The predicted molar refractivity (Wildman–Crippen MR) is 66.8 cm³/mol. The molecule has 18 heavy (non-hydrogen) atoms. The van der Waals surface area contributed by atoms with Crippen molar-refractivity contribution in [1.82, 2.24) is 0 Å². The van der Waals surface area contributed by atoms with Crippen molar-refractivity contribution in [3.05, 3.63) is 34.4 Å². The van der Waals surface area contributed by atoms with Gasteiger partial charge in [-0.25, -0.2) is 0 Å². The fourth-order valence-electron chi connectivity index (χ4n) is 2.13. The van der Waals surface area contributed by atoms with Gasteiger partial charge in [-0.1, -0.05) is 12.1 Å². The first-order valence-corrected chi connectivity index (χ1v) is 6.96. The summed E-state index contributed by atoms with van der Waals surface area (Å²) < 4.78 is 12.3. The van der Waals surface area contributed by atoms with Crippen LogP contribution in [0.2, 0.25) is 0 Å². The first kappa shape index (κ1) is 12.9. The molecule has 2 unspecified atom stereocenters. The van der Waals surface area contributed by atoms with E-state index in [1.807, 2.05) is 0 Å². The van der Waals surface area contributed by atoms with E-state index in [0.717, 1.165) is 6.42 Å². The number of carbonyl (C=O) groups is 1. The standard InChI is InChI=1S/C12H13NO4S/c14-9-4-3-5-10(8-9)18(17)12-7-2-1-6-11(12)13(15)16/h1-2,6-7,10H,3-5,8H2. The van der Waals surface area contributed by atoms with Gasteiger partial charge in [0.25, 0.3) is 5.69 Å². The third-order valence-electron chi connectivity index (χ3n) is 3.02. The molecule has 0 aromatic heterocycles. The molecule has 1 aromatic carbocycles. The Bertz CT molecular complexity index is 515. The van der Waals surface area contributed by atoms with Gasteiger partial charge in [-0.05, 0) is 18.9 Å². The number of para-hydroxylation sites is 1. The summed E-state index contributed by atoms with van der Waals surface area (Å²) in [7, 11) is -1.49. The Morgan fingerprint density at radius 3 is 2.72 bits per heavy atom.